The molecule has 1 heterocycles. The first-order valence-corrected chi connectivity index (χ1v) is 6.30. The minimum Gasteiger partial charge on any atom is -0.369 e. The predicted molar refractivity (Wildman–Crippen MR) is 76.9 cm³/mol. The van der Waals surface area contributed by atoms with Gasteiger partial charge in [-0.25, -0.2) is 4.98 Å². The summed E-state index contributed by atoms with van der Waals surface area (Å²) in [6.07, 6.45) is 1.84. The highest BCUT2D eigenvalue weighted by molar-refractivity contribution is 5.38. The van der Waals surface area contributed by atoms with Gasteiger partial charge in [-0.1, -0.05) is 44.2 Å². The van der Waals surface area contributed by atoms with Crippen molar-refractivity contribution in [2.24, 2.45) is 0 Å². The van der Waals surface area contributed by atoms with Crippen LogP contribution in [0.3, 0.4) is 0 Å². The number of hydrogen-bond acceptors (Lipinski definition) is 2. The van der Waals surface area contributed by atoms with Crippen molar-refractivity contribution in [2.75, 3.05) is 11.9 Å². The van der Waals surface area contributed by atoms with E-state index in [2.05, 4.69) is 67.5 Å². The van der Waals surface area contributed by atoms with Gasteiger partial charge in [-0.3, -0.25) is 0 Å². The van der Waals surface area contributed by atoms with E-state index in [1.807, 2.05) is 12.3 Å². The molecule has 0 fully saturated rings. The molecule has 0 unspecified atom stereocenters. The summed E-state index contributed by atoms with van der Waals surface area (Å²) >= 11 is 0. The third-order valence-corrected chi connectivity index (χ3v) is 3.18. The number of aromatic nitrogens is 1. The molecule has 1 aromatic carbocycles. The zero-order chi connectivity index (χ0) is 13.0. The molecule has 0 aliphatic rings. The lowest BCUT2D eigenvalue weighted by atomic mass is 9.84. The van der Waals surface area contributed by atoms with E-state index in [-0.39, 0.29) is 5.41 Å². The van der Waals surface area contributed by atoms with E-state index < -0.39 is 0 Å². The molecule has 2 rings (SSSR count). The second-order valence-corrected chi connectivity index (χ2v) is 5.32. The van der Waals surface area contributed by atoms with Crippen molar-refractivity contribution in [1.82, 2.24) is 4.98 Å². The van der Waals surface area contributed by atoms with Gasteiger partial charge in [0.25, 0.3) is 0 Å². The van der Waals surface area contributed by atoms with E-state index in [0.717, 1.165) is 12.4 Å². The van der Waals surface area contributed by atoms with Crippen LogP contribution in [0.25, 0.3) is 0 Å². The average Bonchev–Trinajstić information content (AvgIpc) is 2.38. The van der Waals surface area contributed by atoms with Crippen LogP contribution in [-0.4, -0.2) is 11.5 Å². The summed E-state index contributed by atoms with van der Waals surface area (Å²) in [5.41, 5.74) is 2.65. The highest BCUT2D eigenvalue weighted by Crippen LogP contribution is 2.23. The Morgan fingerprint density at radius 2 is 1.83 bits per heavy atom. The number of nitrogens with one attached hydrogen (secondary N) is 1. The SMILES string of the molecule is Cc1ccnc(NCC(C)(C)c2ccccc2)c1. The zero-order valence-corrected chi connectivity index (χ0v) is 11.3. The standard InChI is InChI=1S/C16H20N2/c1-13-9-10-17-15(11-13)18-12-16(2,3)14-7-5-4-6-8-14/h4-11H,12H2,1-3H3,(H,17,18). The van der Waals surface area contributed by atoms with Crippen LogP contribution in [0, 0.1) is 6.92 Å². The average molecular weight is 240 g/mol. The lowest BCUT2D eigenvalue weighted by Gasteiger charge is -2.26. The molecule has 0 bridgehead atoms. The molecule has 0 spiro atoms. The molecule has 0 radical (unpaired) electrons. The summed E-state index contributed by atoms with van der Waals surface area (Å²) in [6.45, 7) is 7.43. The van der Waals surface area contributed by atoms with Crippen molar-refractivity contribution in [1.29, 1.82) is 0 Å². The van der Waals surface area contributed by atoms with Gasteiger partial charge in [0.1, 0.15) is 5.82 Å². The van der Waals surface area contributed by atoms with Crippen LogP contribution in [0.4, 0.5) is 5.82 Å². The fraction of sp³-hybridized carbons (Fsp3) is 0.312. The first-order chi connectivity index (χ1) is 8.58. The van der Waals surface area contributed by atoms with Crippen molar-refractivity contribution in [3.63, 3.8) is 0 Å². The molecule has 0 amide bonds. The molecule has 0 saturated heterocycles. The van der Waals surface area contributed by atoms with Crippen LogP contribution >= 0.6 is 0 Å². The topological polar surface area (TPSA) is 24.9 Å². The van der Waals surface area contributed by atoms with Crippen LogP contribution < -0.4 is 5.32 Å². The minimum atomic E-state index is 0.0900. The summed E-state index contributed by atoms with van der Waals surface area (Å²) in [4.78, 5) is 4.33. The Labute approximate surface area is 109 Å². The number of pyridine rings is 1. The van der Waals surface area contributed by atoms with Gasteiger partial charge in [-0.05, 0) is 30.2 Å². The molecule has 0 aliphatic heterocycles. The third kappa shape index (κ3) is 3.10. The molecule has 1 aromatic heterocycles. The number of anilines is 1. The lowest BCUT2D eigenvalue weighted by Crippen LogP contribution is -2.27. The molecule has 2 nitrogen and oxygen atoms in total. The van der Waals surface area contributed by atoms with E-state index in [0.29, 0.717) is 0 Å². The van der Waals surface area contributed by atoms with Crippen molar-refractivity contribution >= 4 is 5.82 Å². The highest BCUT2D eigenvalue weighted by Gasteiger charge is 2.19. The van der Waals surface area contributed by atoms with Crippen molar-refractivity contribution in [3.8, 4) is 0 Å². The Morgan fingerprint density at radius 1 is 1.11 bits per heavy atom. The second-order valence-electron chi connectivity index (χ2n) is 5.32. The number of rotatable bonds is 4. The Hall–Kier alpha value is -1.83. The summed E-state index contributed by atoms with van der Waals surface area (Å²) in [5.74, 6) is 0.944. The highest BCUT2D eigenvalue weighted by atomic mass is 15.0. The van der Waals surface area contributed by atoms with Crippen LogP contribution in [0.5, 0.6) is 0 Å². The van der Waals surface area contributed by atoms with E-state index in [4.69, 9.17) is 0 Å². The Balaban J connectivity index is 2.05. The molecular weight excluding hydrogens is 220 g/mol. The minimum absolute atomic E-state index is 0.0900. The Morgan fingerprint density at radius 3 is 2.50 bits per heavy atom. The van der Waals surface area contributed by atoms with E-state index in [1.54, 1.807) is 0 Å². The molecule has 2 heteroatoms. The van der Waals surface area contributed by atoms with Crippen molar-refractivity contribution in [2.45, 2.75) is 26.2 Å². The molecule has 0 atom stereocenters. The second kappa shape index (κ2) is 5.21. The number of nitrogens with zero attached hydrogens (tertiary/aromatic N) is 1. The van der Waals surface area contributed by atoms with Crippen LogP contribution in [0.2, 0.25) is 0 Å². The van der Waals surface area contributed by atoms with Gasteiger partial charge in [0.2, 0.25) is 0 Å². The summed E-state index contributed by atoms with van der Waals surface area (Å²) in [5, 5.41) is 3.41. The molecule has 18 heavy (non-hydrogen) atoms. The van der Waals surface area contributed by atoms with Gasteiger partial charge in [0.15, 0.2) is 0 Å². The molecule has 1 N–H and O–H groups in total. The van der Waals surface area contributed by atoms with Crippen LogP contribution in [-0.2, 0) is 5.41 Å². The molecule has 0 aliphatic carbocycles. The largest absolute Gasteiger partial charge is 0.369 e. The van der Waals surface area contributed by atoms with Gasteiger partial charge in [0.05, 0.1) is 0 Å². The molecule has 0 saturated carbocycles. The van der Waals surface area contributed by atoms with Crippen LogP contribution in [0.1, 0.15) is 25.0 Å². The van der Waals surface area contributed by atoms with E-state index in [9.17, 15) is 0 Å². The van der Waals surface area contributed by atoms with Gasteiger partial charge in [0, 0.05) is 18.2 Å². The number of hydrogen-bond donors (Lipinski definition) is 1. The fourth-order valence-corrected chi connectivity index (χ4v) is 1.94. The zero-order valence-electron chi connectivity index (χ0n) is 11.3. The quantitative estimate of drug-likeness (QED) is 0.879. The van der Waals surface area contributed by atoms with Crippen molar-refractivity contribution in [3.05, 3.63) is 59.8 Å². The third-order valence-electron chi connectivity index (χ3n) is 3.18. The first-order valence-electron chi connectivity index (χ1n) is 6.30. The maximum atomic E-state index is 4.33. The normalized spacial score (nSPS) is 11.3. The monoisotopic (exact) mass is 240 g/mol. The smallest absolute Gasteiger partial charge is 0.126 e. The first kappa shape index (κ1) is 12.6. The molecular formula is C16H20N2. The lowest BCUT2D eigenvalue weighted by molar-refractivity contribution is 0.556. The Kier molecular flexibility index (Phi) is 3.66. The predicted octanol–water partition coefficient (Wildman–Crippen LogP) is 3.78. The summed E-state index contributed by atoms with van der Waals surface area (Å²) in [6, 6.07) is 14.6. The molecule has 94 valence electrons. The fourth-order valence-electron chi connectivity index (χ4n) is 1.94. The maximum absolute atomic E-state index is 4.33. The number of benzene rings is 1. The van der Waals surface area contributed by atoms with Crippen LogP contribution in [0.15, 0.2) is 48.7 Å². The molecule has 2 aromatic rings. The van der Waals surface area contributed by atoms with E-state index in [1.165, 1.54) is 11.1 Å². The van der Waals surface area contributed by atoms with Gasteiger partial charge >= 0.3 is 0 Å². The van der Waals surface area contributed by atoms with Gasteiger partial charge in [-0.15, -0.1) is 0 Å². The van der Waals surface area contributed by atoms with Gasteiger partial charge in [-0.2, -0.15) is 0 Å². The van der Waals surface area contributed by atoms with E-state index >= 15 is 0 Å². The summed E-state index contributed by atoms with van der Waals surface area (Å²) in [7, 11) is 0. The van der Waals surface area contributed by atoms with Gasteiger partial charge < -0.3 is 5.32 Å². The van der Waals surface area contributed by atoms with Crippen molar-refractivity contribution < 1.29 is 0 Å². The number of aryl methyl sites for hydroxylation is 1. The Bertz CT molecular complexity index is 504. The summed E-state index contributed by atoms with van der Waals surface area (Å²) < 4.78 is 0. The maximum Gasteiger partial charge on any atom is 0.126 e.